The molecule has 0 aliphatic rings. The van der Waals surface area contributed by atoms with E-state index >= 15 is 0 Å². The first kappa shape index (κ1) is 15.7. The number of carbonyl (C=O) groups excluding carboxylic acids is 1. The lowest BCUT2D eigenvalue weighted by Crippen LogP contribution is -2.49. The molecule has 0 aromatic carbocycles. The molecule has 5 heteroatoms. The SMILES string of the molecule is CCCNC(=O)C(C)NC(C)C(CO)SC. The molecule has 3 unspecified atom stereocenters. The van der Waals surface area contributed by atoms with Gasteiger partial charge < -0.3 is 15.7 Å². The van der Waals surface area contributed by atoms with E-state index in [0.29, 0.717) is 6.54 Å². The van der Waals surface area contributed by atoms with Gasteiger partial charge in [-0.25, -0.2) is 0 Å². The monoisotopic (exact) mass is 248 g/mol. The standard InChI is InChI=1S/C11H24N2O2S/c1-5-6-12-11(15)9(3)13-8(2)10(7-14)16-4/h8-10,13-14H,5-7H2,1-4H3,(H,12,15). The third kappa shape index (κ3) is 5.72. The summed E-state index contributed by atoms with van der Waals surface area (Å²) < 4.78 is 0. The average Bonchev–Trinajstić information content (AvgIpc) is 2.27. The molecule has 0 heterocycles. The van der Waals surface area contributed by atoms with Crippen LogP contribution in [0.2, 0.25) is 0 Å². The number of hydrogen-bond acceptors (Lipinski definition) is 4. The molecule has 1 amide bonds. The molecule has 0 aliphatic carbocycles. The van der Waals surface area contributed by atoms with Crippen LogP contribution in [0.5, 0.6) is 0 Å². The quantitative estimate of drug-likeness (QED) is 0.589. The van der Waals surface area contributed by atoms with Gasteiger partial charge >= 0.3 is 0 Å². The van der Waals surface area contributed by atoms with Crippen LogP contribution < -0.4 is 10.6 Å². The van der Waals surface area contributed by atoms with Crippen LogP contribution >= 0.6 is 11.8 Å². The van der Waals surface area contributed by atoms with Crippen molar-refractivity contribution in [3.8, 4) is 0 Å². The minimum Gasteiger partial charge on any atom is -0.395 e. The Morgan fingerprint density at radius 1 is 1.44 bits per heavy atom. The van der Waals surface area contributed by atoms with Crippen molar-refractivity contribution in [2.24, 2.45) is 0 Å². The largest absolute Gasteiger partial charge is 0.395 e. The van der Waals surface area contributed by atoms with Crippen molar-refractivity contribution in [3.05, 3.63) is 0 Å². The Morgan fingerprint density at radius 2 is 2.06 bits per heavy atom. The van der Waals surface area contributed by atoms with Crippen molar-refractivity contribution < 1.29 is 9.90 Å². The number of amides is 1. The highest BCUT2D eigenvalue weighted by molar-refractivity contribution is 7.99. The minimum absolute atomic E-state index is 0.0199. The highest BCUT2D eigenvalue weighted by Crippen LogP contribution is 2.10. The first-order valence-corrected chi connectivity index (χ1v) is 7.03. The van der Waals surface area contributed by atoms with Gasteiger partial charge in [0.2, 0.25) is 5.91 Å². The van der Waals surface area contributed by atoms with Crippen LogP contribution in [0.4, 0.5) is 0 Å². The Kier molecular flexibility index (Phi) is 8.70. The van der Waals surface area contributed by atoms with E-state index < -0.39 is 0 Å². The Morgan fingerprint density at radius 3 is 2.50 bits per heavy atom. The van der Waals surface area contributed by atoms with Crippen LogP contribution in [0.25, 0.3) is 0 Å². The van der Waals surface area contributed by atoms with Crippen molar-refractivity contribution in [1.29, 1.82) is 0 Å². The lowest BCUT2D eigenvalue weighted by molar-refractivity contribution is -0.122. The van der Waals surface area contributed by atoms with Gasteiger partial charge in [0.15, 0.2) is 0 Å². The van der Waals surface area contributed by atoms with Gasteiger partial charge in [-0.15, -0.1) is 0 Å². The second-order valence-corrected chi connectivity index (χ2v) is 5.00. The molecule has 0 rings (SSSR count). The van der Waals surface area contributed by atoms with E-state index in [-0.39, 0.29) is 29.8 Å². The molecular weight excluding hydrogens is 224 g/mol. The van der Waals surface area contributed by atoms with E-state index in [2.05, 4.69) is 10.6 Å². The molecule has 0 radical (unpaired) electrons. The zero-order valence-corrected chi connectivity index (χ0v) is 11.4. The fourth-order valence-corrected chi connectivity index (χ4v) is 2.05. The zero-order valence-electron chi connectivity index (χ0n) is 10.6. The summed E-state index contributed by atoms with van der Waals surface area (Å²) in [6, 6.07) is -0.106. The Hall–Kier alpha value is -0.260. The van der Waals surface area contributed by atoms with Gasteiger partial charge in [0.05, 0.1) is 12.6 Å². The van der Waals surface area contributed by atoms with E-state index in [0.717, 1.165) is 6.42 Å². The van der Waals surface area contributed by atoms with Crippen LogP contribution in [0, 0.1) is 0 Å². The third-order valence-electron chi connectivity index (χ3n) is 2.50. The maximum Gasteiger partial charge on any atom is 0.236 e. The van der Waals surface area contributed by atoms with E-state index in [9.17, 15) is 4.79 Å². The molecule has 96 valence electrons. The van der Waals surface area contributed by atoms with E-state index in [1.54, 1.807) is 11.8 Å². The topological polar surface area (TPSA) is 61.4 Å². The first-order chi connectivity index (χ1) is 7.56. The maximum absolute atomic E-state index is 11.6. The number of nitrogens with one attached hydrogen (secondary N) is 2. The third-order valence-corrected chi connectivity index (χ3v) is 3.66. The smallest absolute Gasteiger partial charge is 0.236 e. The van der Waals surface area contributed by atoms with Gasteiger partial charge in [0, 0.05) is 17.8 Å². The van der Waals surface area contributed by atoms with Gasteiger partial charge in [-0.05, 0) is 26.5 Å². The van der Waals surface area contributed by atoms with Crippen LogP contribution in [-0.4, -0.2) is 47.8 Å². The lowest BCUT2D eigenvalue weighted by Gasteiger charge is -2.24. The number of carbonyl (C=O) groups is 1. The number of aliphatic hydroxyl groups excluding tert-OH is 1. The van der Waals surface area contributed by atoms with Gasteiger partial charge in [-0.1, -0.05) is 6.92 Å². The highest BCUT2D eigenvalue weighted by Gasteiger charge is 2.20. The summed E-state index contributed by atoms with van der Waals surface area (Å²) in [5, 5.41) is 15.3. The predicted octanol–water partition coefficient (Wildman–Crippen LogP) is 0.603. The Labute approximate surface area is 103 Å². The number of thioether (sulfide) groups is 1. The molecule has 0 saturated carbocycles. The van der Waals surface area contributed by atoms with Crippen LogP contribution in [0.1, 0.15) is 27.2 Å². The molecule has 3 atom stereocenters. The summed E-state index contributed by atoms with van der Waals surface area (Å²) in [6.45, 7) is 6.69. The van der Waals surface area contributed by atoms with Crippen LogP contribution in [-0.2, 0) is 4.79 Å². The molecule has 0 bridgehead atoms. The normalized spacial score (nSPS) is 16.6. The summed E-state index contributed by atoms with van der Waals surface area (Å²) in [5.74, 6) is 0.0199. The molecule has 0 aliphatic heterocycles. The fourth-order valence-electron chi connectivity index (χ4n) is 1.42. The van der Waals surface area contributed by atoms with Crippen molar-refractivity contribution >= 4 is 17.7 Å². The summed E-state index contributed by atoms with van der Waals surface area (Å²) in [4.78, 5) is 11.6. The summed E-state index contributed by atoms with van der Waals surface area (Å²) in [6.07, 6.45) is 2.90. The van der Waals surface area contributed by atoms with Gasteiger partial charge in [0.25, 0.3) is 0 Å². The molecule has 0 fully saturated rings. The molecule has 0 spiro atoms. The van der Waals surface area contributed by atoms with E-state index in [4.69, 9.17) is 5.11 Å². The lowest BCUT2D eigenvalue weighted by atomic mass is 10.2. The van der Waals surface area contributed by atoms with Crippen molar-refractivity contribution in [1.82, 2.24) is 10.6 Å². The van der Waals surface area contributed by atoms with Crippen molar-refractivity contribution in [3.63, 3.8) is 0 Å². The molecule has 0 aromatic rings. The fraction of sp³-hybridized carbons (Fsp3) is 0.909. The van der Waals surface area contributed by atoms with Gasteiger partial charge in [-0.3, -0.25) is 4.79 Å². The average molecular weight is 248 g/mol. The molecule has 16 heavy (non-hydrogen) atoms. The Bertz CT molecular complexity index is 198. The van der Waals surface area contributed by atoms with Crippen molar-refractivity contribution in [2.45, 2.75) is 44.5 Å². The minimum atomic E-state index is -0.220. The Balaban J connectivity index is 4.01. The zero-order chi connectivity index (χ0) is 12.6. The summed E-state index contributed by atoms with van der Waals surface area (Å²) in [5.41, 5.74) is 0. The molecule has 3 N–H and O–H groups in total. The maximum atomic E-state index is 11.6. The van der Waals surface area contributed by atoms with E-state index in [1.807, 2.05) is 27.0 Å². The molecular formula is C11H24N2O2S. The van der Waals surface area contributed by atoms with E-state index in [1.165, 1.54) is 0 Å². The molecule has 0 aromatic heterocycles. The first-order valence-electron chi connectivity index (χ1n) is 5.74. The second-order valence-electron chi connectivity index (χ2n) is 3.92. The molecule has 0 saturated heterocycles. The number of aliphatic hydroxyl groups is 1. The second kappa shape index (κ2) is 8.84. The van der Waals surface area contributed by atoms with Gasteiger partial charge in [-0.2, -0.15) is 11.8 Å². The summed E-state index contributed by atoms with van der Waals surface area (Å²) in [7, 11) is 0. The van der Waals surface area contributed by atoms with Gasteiger partial charge in [0.1, 0.15) is 0 Å². The molecule has 4 nitrogen and oxygen atoms in total. The number of hydrogen-bond donors (Lipinski definition) is 3. The van der Waals surface area contributed by atoms with Crippen molar-refractivity contribution in [2.75, 3.05) is 19.4 Å². The van der Waals surface area contributed by atoms with Crippen LogP contribution in [0.3, 0.4) is 0 Å². The summed E-state index contributed by atoms with van der Waals surface area (Å²) >= 11 is 1.61. The van der Waals surface area contributed by atoms with Crippen LogP contribution in [0.15, 0.2) is 0 Å². The number of rotatable bonds is 8. The highest BCUT2D eigenvalue weighted by atomic mass is 32.2. The predicted molar refractivity (Wildman–Crippen MR) is 69.7 cm³/mol.